The zero-order valence-corrected chi connectivity index (χ0v) is 12.7. The summed E-state index contributed by atoms with van der Waals surface area (Å²) in [5.74, 6) is -0.228. The fourth-order valence-electron chi connectivity index (χ4n) is 2.29. The smallest absolute Gasteiger partial charge is 0.247 e. The molecule has 0 atom stereocenters. The SMILES string of the molecule is C=CC(=O)Nc1cccc(-c2c[nH]cc2CN(C)CCO)c1. The number of hydrogen-bond donors (Lipinski definition) is 3. The number of aliphatic hydroxyl groups excluding tert-OH is 1. The number of anilines is 1. The number of aromatic nitrogens is 1. The number of likely N-dealkylation sites (N-methyl/N-ethyl adjacent to an activating group) is 1. The van der Waals surface area contributed by atoms with Crippen LogP contribution in [0.1, 0.15) is 5.56 Å². The molecule has 116 valence electrons. The number of rotatable bonds is 7. The highest BCUT2D eigenvalue weighted by Gasteiger charge is 2.09. The summed E-state index contributed by atoms with van der Waals surface area (Å²) in [6.45, 7) is 4.95. The molecular weight excluding hydrogens is 278 g/mol. The van der Waals surface area contributed by atoms with Gasteiger partial charge in [-0.25, -0.2) is 0 Å². The molecule has 0 aliphatic heterocycles. The summed E-state index contributed by atoms with van der Waals surface area (Å²) in [7, 11) is 1.97. The molecule has 1 amide bonds. The monoisotopic (exact) mass is 299 g/mol. The summed E-state index contributed by atoms with van der Waals surface area (Å²) < 4.78 is 0. The van der Waals surface area contributed by atoms with Crippen LogP contribution < -0.4 is 5.32 Å². The third kappa shape index (κ3) is 4.07. The molecule has 3 N–H and O–H groups in total. The van der Waals surface area contributed by atoms with Crippen molar-refractivity contribution in [2.75, 3.05) is 25.5 Å². The molecule has 22 heavy (non-hydrogen) atoms. The highest BCUT2D eigenvalue weighted by Crippen LogP contribution is 2.26. The van der Waals surface area contributed by atoms with E-state index in [1.807, 2.05) is 43.7 Å². The summed E-state index contributed by atoms with van der Waals surface area (Å²) >= 11 is 0. The maximum atomic E-state index is 11.4. The van der Waals surface area contributed by atoms with Crippen LogP contribution in [0, 0.1) is 0 Å². The van der Waals surface area contributed by atoms with E-state index in [1.165, 1.54) is 6.08 Å². The number of nitrogens with one attached hydrogen (secondary N) is 2. The average Bonchev–Trinajstić information content (AvgIpc) is 2.95. The van der Waals surface area contributed by atoms with Crippen LogP contribution in [-0.2, 0) is 11.3 Å². The molecule has 1 aromatic heterocycles. The largest absolute Gasteiger partial charge is 0.395 e. The van der Waals surface area contributed by atoms with Crippen molar-refractivity contribution in [1.29, 1.82) is 0 Å². The number of H-pyrrole nitrogens is 1. The molecule has 1 aromatic carbocycles. The fraction of sp³-hybridized carbons (Fsp3) is 0.235. The van der Waals surface area contributed by atoms with Gasteiger partial charge in [0.05, 0.1) is 6.61 Å². The quantitative estimate of drug-likeness (QED) is 0.687. The highest BCUT2D eigenvalue weighted by molar-refractivity contribution is 5.99. The standard InChI is InChI=1S/C17H21N3O2/c1-3-17(22)19-15-6-4-5-13(9-15)16-11-18-10-14(16)12-20(2)7-8-21/h3-6,9-11,18,21H,1,7-8,12H2,2H3,(H,19,22). The van der Waals surface area contributed by atoms with E-state index in [0.717, 1.165) is 28.9 Å². The van der Waals surface area contributed by atoms with Gasteiger partial charge in [-0.15, -0.1) is 0 Å². The van der Waals surface area contributed by atoms with E-state index in [0.29, 0.717) is 6.54 Å². The van der Waals surface area contributed by atoms with Gasteiger partial charge in [0.2, 0.25) is 5.91 Å². The minimum atomic E-state index is -0.228. The number of amides is 1. The Balaban J connectivity index is 2.21. The predicted molar refractivity (Wildman–Crippen MR) is 88.5 cm³/mol. The highest BCUT2D eigenvalue weighted by atomic mass is 16.3. The van der Waals surface area contributed by atoms with Gasteiger partial charge in [0.1, 0.15) is 0 Å². The third-order valence-electron chi connectivity index (χ3n) is 3.38. The van der Waals surface area contributed by atoms with E-state index in [1.54, 1.807) is 0 Å². The number of hydrogen-bond acceptors (Lipinski definition) is 3. The fourth-order valence-corrected chi connectivity index (χ4v) is 2.29. The lowest BCUT2D eigenvalue weighted by molar-refractivity contribution is -0.111. The van der Waals surface area contributed by atoms with Crippen molar-refractivity contribution in [2.24, 2.45) is 0 Å². The van der Waals surface area contributed by atoms with Crippen molar-refractivity contribution >= 4 is 11.6 Å². The van der Waals surface area contributed by atoms with Crippen LogP contribution in [0.15, 0.2) is 49.3 Å². The second-order valence-electron chi connectivity index (χ2n) is 5.13. The van der Waals surface area contributed by atoms with Crippen molar-refractivity contribution < 1.29 is 9.90 Å². The third-order valence-corrected chi connectivity index (χ3v) is 3.38. The van der Waals surface area contributed by atoms with Crippen molar-refractivity contribution in [2.45, 2.75) is 6.54 Å². The molecule has 0 bridgehead atoms. The van der Waals surface area contributed by atoms with Gasteiger partial charge in [-0.2, -0.15) is 0 Å². The first-order valence-corrected chi connectivity index (χ1v) is 7.13. The van der Waals surface area contributed by atoms with Gasteiger partial charge in [0.15, 0.2) is 0 Å². The molecule has 0 unspecified atom stereocenters. The first kappa shape index (κ1) is 16.0. The van der Waals surface area contributed by atoms with Crippen LogP contribution in [0.4, 0.5) is 5.69 Å². The molecule has 5 heteroatoms. The summed E-state index contributed by atoms with van der Waals surface area (Å²) in [4.78, 5) is 16.6. The lowest BCUT2D eigenvalue weighted by Gasteiger charge is -2.15. The zero-order valence-electron chi connectivity index (χ0n) is 12.7. The van der Waals surface area contributed by atoms with Gasteiger partial charge in [0, 0.05) is 36.7 Å². The molecule has 0 saturated carbocycles. The molecule has 0 aliphatic carbocycles. The van der Waals surface area contributed by atoms with Gasteiger partial charge in [-0.3, -0.25) is 9.69 Å². The first-order chi connectivity index (χ1) is 10.6. The Morgan fingerprint density at radius 2 is 2.27 bits per heavy atom. The van der Waals surface area contributed by atoms with Gasteiger partial charge in [-0.05, 0) is 36.4 Å². The van der Waals surface area contributed by atoms with Crippen molar-refractivity contribution in [3.8, 4) is 11.1 Å². The van der Waals surface area contributed by atoms with Crippen LogP contribution in [0.3, 0.4) is 0 Å². The van der Waals surface area contributed by atoms with Gasteiger partial charge >= 0.3 is 0 Å². The molecule has 0 fully saturated rings. The van der Waals surface area contributed by atoms with Crippen molar-refractivity contribution in [3.63, 3.8) is 0 Å². The molecule has 2 rings (SSSR count). The zero-order chi connectivity index (χ0) is 15.9. The number of aliphatic hydroxyl groups is 1. The maximum absolute atomic E-state index is 11.4. The van der Waals surface area contributed by atoms with Crippen LogP contribution in [0.5, 0.6) is 0 Å². The molecule has 0 spiro atoms. The molecule has 0 radical (unpaired) electrons. The Hall–Kier alpha value is -2.37. The normalized spacial score (nSPS) is 10.7. The van der Waals surface area contributed by atoms with Crippen LogP contribution in [-0.4, -0.2) is 41.1 Å². The Kier molecular flexibility index (Phi) is 5.52. The average molecular weight is 299 g/mol. The minimum Gasteiger partial charge on any atom is -0.395 e. The number of benzene rings is 1. The summed E-state index contributed by atoms with van der Waals surface area (Å²) in [6, 6.07) is 7.68. The molecule has 5 nitrogen and oxygen atoms in total. The number of carbonyl (C=O) groups excluding carboxylic acids is 1. The summed E-state index contributed by atoms with van der Waals surface area (Å²) in [6.07, 6.45) is 5.15. The topological polar surface area (TPSA) is 68.4 Å². The van der Waals surface area contributed by atoms with E-state index in [2.05, 4.69) is 21.8 Å². The maximum Gasteiger partial charge on any atom is 0.247 e. The number of nitrogens with zero attached hydrogens (tertiary/aromatic N) is 1. The molecule has 0 aliphatic rings. The Morgan fingerprint density at radius 3 is 3.00 bits per heavy atom. The van der Waals surface area contributed by atoms with Gasteiger partial charge in [-0.1, -0.05) is 18.7 Å². The van der Waals surface area contributed by atoms with Crippen molar-refractivity contribution in [3.05, 3.63) is 54.9 Å². The summed E-state index contributed by atoms with van der Waals surface area (Å²) in [5, 5.41) is 11.8. The minimum absolute atomic E-state index is 0.138. The van der Waals surface area contributed by atoms with Crippen LogP contribution in [0.2, 0.25) is 0 Å². The number of aromatic amines is 1. The van der Waals surface area contributed by atoms with Crippen LogP contribution >= 0.6 is 0 Å². The van der Waals surface area contributed by atoms with Crippen molar-refractivity contribution in [1.82, 2.24) is 9.88 Å². The molecule has 2 aromatic rings. The van der Waals surface area contributed by atoms with E-state index in [-0.39, 0.29) is 12.5 Å². The van der Waals surface area contributed by atoms with E-state index < -0.39 is 0 Å². The van der Waals surface area contributed by atoms with Gasteiger partial charge in [0.25, 0.3) is 0 Å². The van der Waals surface area contributed by atoms with E-state index in [9.17, 15) is 4.79 Å². The Labute approximate surface area is 130 Å². The number of carbonyl (C=O) groups is 1. The van der Waals surface area contributed by atoms with E-state index in [4.69, 9.17) is 5.11 Å². The molecule has 1 heterocycles. The second-order valence-corrected chi connectivity index (χ2v) is 5.13. The summed E-state index contributed by atoms with van der Waals surface area (Å²) in [5.41, 5.74) is 3.98. The van der Waals surface area contributed by atoms with Gasteiger partial charge < -0.3 is 15.4 Å². The Bertz CT molecular complexity index is 649. The molecular formula is C17H21N3O2. The Morgan fingerprint density at radius 1 is 1.45 bits per heavy atom. The lowest BCUT2D eigenvalue weighted by Crippen LogP contribution is -2.21. The molecule has 0 saturated heterocycles. The predicted octanol–water partition coefficient (Wildman–Crippen LogP) is 2.23. The lowest BCUT2D eigenvalue weighted by atomic mass is 10.0. The van der Waals surface area contributed by atoms with E-state index >= 15 is 0 Å². The second kappa shape index (κ2) is 7.59. The first-order valence-electron chi connectivity index (χ1n) is 7.13. The van der Waals surface area contributed by atoms with Crippen LogP contribution in [0.25, 0.3) is 11.1 Å².